The van der Waals surface area contributed by atoms with Gasteiger partial charge in [0.15, 0.2) is 0 Å². The van der Waals surface area contributed by atoms with Crippen molar-refractivity contribution in [3.63, 3.8) is 0 Å². The summed E-state index contributed by atoms with van der Waals surface area (Å²) in [7, 11) is 0. The van der Waals surface area contributed by atoms with E-state index < -0.39 is 0 Å². The molecule has 1 N–H and O–H groups in total. The summed E-state index contributed by atoms with van der Waals surface area (Å²) in [6.07, 6.45) is 0. The minimum Gasteiger partial charge on any atom is -0.343 e. The first-order valence-electron chi connectivity index (χ1n) is 7.74. The molecule has 23 heavy (non-hydrogen) atoms. The molecule has 0 saturated heterocycles. The van der Waals surface area contributed by atoms with E-state index in [4.69, 9.17) is 0 Å². The number of rotatable bonds is 6. The number of hydrogen-bond acceptors (Lipinski definition) is 2. The Hall–Kier alpha value is -2.62. The van der Waals surface area contributed by atoms with Crippen LogP contribution in [0.5, 0.6) is 0 Å². The Balaban J connectivity index is 1.95. The van der Waals surface area contributed by atoms with Crippen LogP contribution in [0.1, 0.15) is 29.8 Å². The zero-order valence-corrected chi connectivity index (χ0v) is 13.5. The largest absolute Gasteiger partial charge is 0.343 e. The molecule has 0 unspecified atom stereocenters. The van der Waals surface area contributed by atoms with Gasteiger partial charge in [0.25, 0.3) is 5.91 Å². The number of nitrogens with one attached hydrogen (secondary N) is 1. The van der Waals surface area contributed by atoms with Crippen molar-refractivity contribution in [1.29, 1.82) is 0 Å². The fraction of sp³-hybridized carbons (Fsp3) is 0.263. The molecular weight excluding hydrogens is 288 g/mol. The quantitative estimate of drug-likeness (QED) is 0.892. The van der Waals surface area contributed by atoms with Crippen LogP contribution in [0.3, 0.4) is 0 Å². The minimum atomic E-state index is -0.234. The SMILES string of the molecule is CC(C)N(Cc1ccccc1)C(=O)CNC(=O)c1ccccc1. The van der Waals surface area contributed by atoms with Crippen LogP contribution in [0.4, 0.5) is 0 Å². The number of nitrogens with zero attached hydrogens (tertiary/aromatic N) is 1. The van der Waals surface area contributed by atoms with Crippen molar-refractivity contribution in [1.82, 2.24) is 10.2 Å². The summed E-state index contributed by atoms with van der Waals surface area (Å²) in [6.45, 7) is 4.48. The minimum absolute atomic E-state index is 0.00125. The Kier molecular flexibility index (Phi) is 5.92. The number of benzene rings is 2. The van der Waals surface area contributed by atoms with Gasteiger partial charge in [-0.3, -0.25) is 9.59 Å². The highest BCUT2D eigenvalue weighted by Crippen LogP contribution is 2.08. The molecule has 2 aromatic rings. The monoisotopic (exact) mass is 310 g/mol. The first-order chi connectivity index (χ1) is 11.1. The van der Waals surface area contributed by atoms with Crippen molar-refractivity contribution < 1.29 is 9.59 Å². The standard InChI is InChI=1S/C19H22N2O2/c1-15(2)21(14-16-9-5-3-6-10-16)18(22)13-20-19(23)17-11-7-4-8-12-17/h3-12,15H,13-14H2,1-2H3,(H,20,23). The molecule has 0 bridgehead atoms. The van der Waals surface area contributed by atoms with Gasteiger partial charge >= 0.3 is 0 Å². The summed E-state index contributed by atoms with van der Waals surface area (Å²) in [6, 6.07) is 18.8. The zero-order valence-electron chi connectivity index (χ0n) is 13.5. The van der Waals surface area contributed by atoms with Gasteiger partial charge < -0.3 is 10.2 Å². The van der Waals surface area contributed by atoms with E-state index in [9.17, 15) is 9.59 Å². The highest BCUT2D eigenvalue weighted by molar-refractivity contribution is 5.96. The molecule has 0 aliphatic carbocycles. The van der Waals surface area contributed by atoms with Crippen LogP contribution >= 0.6 is 0 Å². The first kappa shape index (κ1) is 16.7. The van der Waals surface area contributed by atoms with E-state index in [2.05, 4.69) is 5.32 Å². The lowest BCUT2D eigenvalue weighted by molar-refractivity contribution is -0.132. The molecule has 0 spiro atoms. The Labute approximate surface area is 137 Å². The van der Waals surface area contributed by atoms with Gasteiger partial charge in [-0.05, 0) is 31.5 Å². The van der Waals surface area contributed by atoms with Gasteiger partial charge in [-0.15, -0.1) is 0 Å². The van der Waals surface area contributed by atoms with Crippen LogP contribution in [0, 0.1) is 0 Å². The normalized spacial score (nSPS) is 10.4. The van der Waals surface area contributed by atoms with Crippen molar-refractivity contribution in [3.05, 3.63) is 71.8 Å². The van der Waals surface area contributed by atoms with Crippen molar-refractivity contribution in [3.8, 4) is 0 Å². The fourth-order valence-electron chi connectivity index (χ4n) is 2.29. The lowest BCUT2D eigenvalue weighted by Crippen LogP contribution is -2.43. The van der Waals surface area contributed by atoms with E-state index in [0.29, 0.717) is 12.1 Å². The molecule has 0 aromatic heterocycles. The van der Waals surface area contributed by atoms with Crippen LogP contribution in [0.25, 0.3) is 0 Å². The van der Waals surface area contributed by atoms with Gasteiger partial charge in [-0.25, -0.2) is 0 Å². The van der Waals surface area contributed by atoms with Crippen LogP contribution in [0.15, 0.2) is 60.7 Å². The van der Waals surface area contributed by atoms with Gasteiger partial charge in [0, 0.05) is 18.2 Å². The summed E-state index contributed by atoms with van der Waals surface area (Å²) in [5.41, 5.74) is 1.63. The molecule has 120 valence electrons. The molecule has 0 aliphatic heterocycles. The highest BCUT2D eigenvalue weighted by atomic mass is 16.2. The van der Waals surface area contributed by atoms with Crippen LogP contribution < -0.4 is 5.32 Å². The smallest absolute Gasteiger partial charge is 0.251 e. The van der Waals surface area contributed by atoms with E-state index in [1.807, 2.05) is 50.2 Å². The topological polar surface area (TPSA) is 49.4 Å². The molecule has 0 aliphatic rings. The van der Waals surface area contributed by atoms with Gasteiger partial charge in [-0.1, -0.05) is 48.5 Å². The molecule has 0 atom stereocenters. The Morgan fingerprint density at radius 2 is 1.52 bits per heavy atom. The molecule has 0 radical (unpaired) electrons. The fourth-order valence-corrected chi connectivity index (χ4v) is 2.29. The third-order valence-electron chi connectivity index (χ3n) is 3.58. The van der Waals surface area contributed by atoms with Gasteiger partial charge in [0.2, 0.25) is 5.91 Å². The summed E-state index contributed by atoms with van der Waals surface area (Å²) < 4.78 is 0. The average molecular weight is 310 g/mol. The van der Waals surface area contributed by atoms with Gasteiger partial charge in [-0.2, -0.15) is 0 Å². The Morgan fingerprint density at radius 1 is 0.957 bits per heavy atom. The van der Waals surface area contributed by atoms with Crippen molar-refractivity contribution in [2.45, 2.75) is 26.4 Å². The van der Waals surface area contributed by atoms with E-state index in [1.165, 1.54) is 0 Å². The molecule has 0 heterocycles. The molecule has 2 aromatic carbocycles. The second-order valence-electron chi connectivity index (χ2n) is 5.65. The van der Waals surface area contributed by atoms with Gasteiger partial charge in [0.1, 0.15) is 0 Å². The predicted octanol–water partition coefficient (Wildman–Crippen LogP) is 2.85. The number of amides is 2. The van der Waals surface area contributed by atoms with Crippen LogP contribution in [-0.2, 0) is 11.3 Å². The van der Waals surface area contributed by atoms with Crippen LogP contribution in [0.2, 0.25) is 0 Å². The zero-order chi connectivity index (χ0) is 16.7. The highest BCUT2D eigenvalue weighted by Gasteiger charge is 2.18. The van der Waals surface area contributed by atoms with E-state index in [-0.39, 0.29) is 24.4 Å². The molecule has 2 rings (SSSR count). The summed E-state index contributed by atoms with van der Waals surface area (Å²) in [5.74, 6) is -0.324. The van der Waals surface area contributed by atoms with Gasteiger partial charge in [0.05, 0.1) is 6.54 Å². The third-order valence-corrected chi connectivity index (χ3v) is 3.58. The predicted molar refractivity (Wildman–Crippen MR) is 90.9 cm³/mol. The van der Waals surface area contributed by atoms with E-state index in [0.717, 1.165) is 5.56 Å². The molecule has 0 fully saturated rings. The second kappa shape index (κ2) is 8.13. The summed E-state index contributed by atoms with van der Waals surface area (Å²) in [4.78, 5) is 26.2. The number of hydrogen-bond donors (Lipinski definition) is 1. The first-order valence-corrected chi connectivity index (χ1v) is 7.74. The summed E-state index contributed by atoms with van der Waals surface area (Å²) >= 11 is 0. The number of carbonyl (C=O) groups excluding carboxylic acids is 2. The number of carbonyl (C=O) groups is 2. The van der Waals surface area contributed by atoms with Crippen molar-refractivity contribution in [2.24, 2.45) is 0 Å². The van der Waals surface area contributed by atoms with Crippen molar-refractivity contribution in [2.75, 3.05) is 6.54 Å². The molecule has 2 amide bonds. The lowest BCUT2D eigenvalue weighted by Gasteiger charge is -2.27. The maximum absolute atomic E-state index is 12.4. The maximum Gasteiger partial charge on any atom is 0.251 e. The molecule has 4 nitrogen and oxygen atoms in total. The third kappa shape index (κ3) is 4.95. The Bertz CT molecular complexity index is 639. The maximum atomic E-state index is 12.4. The molecule has 4 heteroatoms. The van der Waals surface area contributed by atoms with E-state index >= 15 is 0 Å². The lowest BCUT2D eigenvalue weighted by atomic mass is 10.2. The summed E-state index contributed by atoms with van der Waals surface area (Å²) in [5, 5.41) is 2.69. The molecule has 0 saturated carbocycles. The Morgan fingerprint density at radius 3 is 2.09 bits per heavy atom. The van der Waals surface area contributed by atoms with Crippen LogP contribution in [-0.4, -0.2) is 29.3 Å². The second-order valence-corrected chi connectivity index (χ2v) is 5.65. The van der Waals surface area contributed by atoms with Crippen molar-refractivity contribution >= 4 is 11.8 Å². The molecular formula is C19H22N2O2. The average Bonchev–Trinajstić information content (AvgIpc) is 2.58. The van der Waals surface area contributed by atoms with E-state index in [1.54, 1.807) is 29.2 Å².